The van der Waals surface area contributed by atoms with E-state index in [9.17, 15) is 18.0 Å². The Morgan fingerprint density at radius 3 is 2.18 bits per heavy atom. The number of nitrogens with zero attached hydrogens (tertiary/aromatic N) is 2. The summed E-state index contributed by atoms with van der Waals surface area (Å²) in [4.78, 5) is 28.2. The van der Waals surface area contributed by atoms with Gasteiger partial charge < -0.3 is 10.2 Å². The summed E-state index contributed by atoms with van der Waals surface area (Å²) >= 11 is 0. The van der Waals surface area contributed by atoms with Gasteiger partial charge in [-0.25, -0.2) is 8.42 Å². The number of rotatable bonds is 11. The lowest BCUT2D eigenvalue weighted by molar-refractivity contribution is -0.138. The maximum atomic E-state index is 13.9. The molecule has 0 aromatic heterocycles. The number of amides is 2. The van der Waals surface area contributed by atoms with E-state index in [-0.39, 0.29) is 17.3 Å². The van der Waals surface area contributed by atoms with Crippen molar-refractivity contribution in [1.29, 1.82) is 0 Å². The van der Waals surface area contributed by atoms with Crippen LogP contribution in [-0.4, -0.2) is 50.8 Å². The van der Waals surface area contributed by atoms with E-state index in [0.717, 1.165) is 22.3 Å². The van der Waals surface area contributed by atoms with E-state index in [4.69, 9.17) is 0 Å². The predicted molar refractivity (Wildman–Crippen MR) is 152 cm³/mol. The third kappa shape index (κ3) is 6.81. The van der Waals surface area contributed by atoms with Crippen LogP contribution in [0.2, 0.25) is 0 Å². The van der Waals surface area contributed by atoms with Crippen LogP contribution in [0.3, 0.4) is 0 Å². The quantitative estimate of drug-likeness (QED) is 0.394. The zero-order chi connectivity index (χ0) is 27.9. The van der Waals surface area contributed by atoms with Gasteiger partial charge in [-0.15, -0.1) is 0 Å². The second-order valence-electron chi connectivity index (χ2n) is 9.44. The first-order valence-electron chi connectivity index (χ1n) is 12.8. The third-order valence-electron chi connectivity index (χ3n) is 6.74. The highest BCUT2D eigenvalue weighted by atomic mass is 32.2. The molecule has 0 aliphatic carbocycles. The Bertz CT molecular complexity index is 1360. The van der Waals surface area contributed by atoms with Crippen LogP contribution in [0.25, 0.3) is 0 Å². The van der Waals surface area contributed by atoms with Crippen LogP contribution >= 0.6 is 0 Å². The fourth-order valence-electron chi connectivity index (χ4n) is 4.25. The molecule has 3 rings (SSSR count). The molecule has 3 aromatic rings. The average Bonchev–Trinajstić information content (AvgIpc) is 2.90. The number of hydrogen-bond acceptors (Lipinski definition) is 4. The number of benzene rings is 3. The number of anilines is 1. The van der Waals surface area contributed by atoms with Crippen LogP contribution in [0.15, 0.2) is 77.7 Å². The number of hydrogen-bond donors (Lipinski definition) is 1. The highest BCUT2D eigenvalue weighted by Crippen LogP contribution is 2.29. The standard InChI is InChI=1S/C30H37N3O4S/c1-6-31-30(35)25(5)32(20-19-26-12-8-7-9-13-26)29(34)21-33(28-14-10-11-23(3)24(28)4)38(36,37)27-17-15-22(2)16-18-27/h7-18,25H,6,19-21H2,1-5H3,(H,31,35). The van der Waals surface area contributed by atoms with Crippen molar-refractivity contribution in [2.24, 2.45) is 0 Å². The molecule has 0 heterocycles. The van der Waals surface area contributed by atoms with E-state index >= 15 is 0 Å². The minimum absolute atomic E-state index is 0.101. The Labute approximate surface area is 226 Å². The van der Waals surface area contributed by atoms with Crippen molar-refractivity contribution in [3.8, 4) is 0 Å². The van der Waals surface area contributed by atoms with Crippen LogP contribution in [0, 0.1) is 20.8 Å². The maximum absolute atomic E-state index is 13.9. The van der Waals surface area contributed by atoms with Gasteiger partial charge in [-0.05, 0) is 75.9 Å². The highest BCUT2D eigenvalue weighted by Gasteiger charge is 2.33. The fraction of sp³-hybridized carbons (Fsp3) is 0.333. The predicted octanol–water partition coefficient (Wildman–Crippen LogP) is 4.40. The number of carbonyl (C=O) groups excluding carboxylic acids is 2. The minimum Gasteiger partial charge on any atom is -0.355 e. The maximum Gasteiger partial charge on any atom is 0.264 e. The number of nitrogens with one attached hydrogen (secondary N) is 1. The van der Waals surface area contributed by atoms with E-state index in [0.29, 0.717) is 18.7 Å². The monoisotopic (exact) mass is 535 g/mol. The van der Waals surface area contributed by atoms with Gasteiger partial charge in [0.15, 0.2) is 0 Å². The van der Waals surface area contributed by atoms with Gasteiger partial charge in [-0.1, -0.05) is 60.2 Å². The molecule has 38 heavy (non-hydrogen) atoms. The first-order valence-corrected chi connectivity index (χ1v) is 14.3. The lowest BCUT2D eigenvalue weighted by Gasteiger charge is -2.32. The van der Waals surface area contributed by atoms with E-state index in [2.05, 4.69) is 5.32 Å². The number of aryl methyl sites for hydroxylation is 2. The van der Waals surface area contributed by atoms with Gasteiger partial charge in [-0.2, -0.15) is 0 Å². The molecule has 0 saturated heterocycles. The molecular weight excluding hydrogens is 498 g/mol. The molecule has 2 amide bonds. The molecule has 8 heteroatoms. The van der Waals surface area contributed by atoms with Crippen molar-refractivity contribution in [2.75, 3.05) is 23.9 Å². The van der Waals surface area contributed by atoms with Crippen molar-refractivity contribution >= 4 is 27.5 Å². The Kier molecular flexibility index (Phi) is 9.69. The van der Waals surface area contributed by atoms with Crippen molar-refractivity contribution in [3.63, 3.8) is 0 Å². The molecule has 0 spiro atoms. The fourth-order valence-corrected chi connectivity index (χ4v) is 5.72. The van der Waals surface area contributed by atoms with E-state index in [1.165, 1.54) is 9.21 Å². The van der Waals surface area contributed by atoms with Gasteiger partial charge in [0.2, 0.25) is 11.8 Å². The van der Waals surface area contributed by atoms with Gasteiger partial charge in [0.1, 0.15) is 12.6 Å². The number of carbonyl (C=O) groups is 2. The molecule has 1 N–H and O–H groups in total. The molecule has 0 fully saturated rings. The van der Waals surface area contributed by atoms with Gasteiger partial charge in [0, 0.05) is 13.1 Å². The number of sulfonamides is 1. The van der Waals surface area contributed by atoms with Crippen LogP contribution in [0.5, 0.6) is 0 Å². The Morgan fingerprint density at radius 1 is 0.895 bits per heavy atom. The summed E-state index contributed by atoms with van der Waals surface area (Å²) in [5.41, 5.74) is 4.07. The summed E-state index contributed by atoms with van der Waals surface area (Å²) < 4.78 is 29.0. The van der Waals surface area contributed by atoms with Crippen LogP contribution in [0.4, 0.5) is 5.69 Å². The zero-order valence-corrected chi connectivity index (χ0v) is 23.6. The Balaban J connectivity index is 2.02. The minimum atomic E-state index is -4.08. The topological polar surface area (TPSA) is 86.8 Å². The van der Waals surface area contributed by atoms with E-state index in [1.54, 1.807) is 43.3 Å². The molecule has 0 radical (unpaired) electrons. The molecule has 7 nitrogen and oxygen atoms in total. The lowest BCUT2D eigenvalue weighted by atomic mass is 10.1. The summed E-state index contributed by atoms with van der Waals surface area (Å²) in [6, 6.07) is 20.9. The normalized spacial score (nSPS) is 12.0. The van der Waals surface area contributed by atoms with Gasteiger partial charge in [-0.3, -0.25) is 13.9 Å². The van der Waals surface area contributed by atoms with E-state index < -0.39 is 28.5 Å². The molecule has 0 saturated carbocycles. The molecule has 0 bridgehead atoms. The smallest absolute Gasteiger partial charge is 0.264 e. The SMILES string of the molecule is CCNC(=O)C(C)N(CCc1ccccc1)C(=O)CN(c1cccc(C)c1C)S(=O)(=O)c1ccc(C)cc1. The summed E-state index contributed by atoms with van der Waals surface area (Å²) in [6.07, 6.45) is 0.532. The van der Waals surface area contributed by atoms with Crippen molar-refractivity contribution in [3.05, 3.63) is 95.1 Å². The van der Waals surface area contributed by atoms with Crippen LogP contribution in [-0.2, 0) is 26.0 Å². The van der Waals surface area contributed by atoms with E-state index in [1.807, 2.05) is 64.1 Å². The molecule has 1 unspecified atom stereocenters. The largest absolute Gasteiger partial charge is 0.355 e. The third-order valence-corrected chi connectivity index (χ3v) is 8.51. The van der Waals surface area contributed by atoms with Crippen molar-refractivity contribution in [2.45, 2.75) is 52.0 Å². The molecular formula is C30H37N3O4S. The molecule has 1 atom stereocenters. The molecule has 3 aromatic carbocycles. The highest BCUT2D eigenvalue weighted by molar-refractivity contribution is 7.92. The second kappa shape index (κ2) is 12.7. The first-order chi connectivity index (χ1) is 18.1. The van der Waals surface area contributed by atoms with Gasteiger partial charge in [0.25, 0.3) is 10.0 Å². The summed E-state index contributed by atoms with van der Waals surface area (Å²) in [6.45, 7) is 9.39. The summed E-state index contributed by atoms with van der Waals surface area (Å²) in [7, 11) is -4.08. The Morgan fingerprint density at radius 2 is 1.55 bits per heavy atom. The van der Waals surface area contributed by atoms with Gasteiger partial charge in [0.05, 0.1) is 10.6 Å². The van der Waals surface area contributed by atoms with Crippen molar-refractivity contribution < 1.29 is 18.0 Å². The number of likely N-dealkylation sites (N-methyl/N-ethyl adjacent to an activating group) is 1. The second-order valence-corrected chi connectivity index (χ2v) is 11.3. The average molecular weight is 536 g/mol. The van der Waals surface area contributed by atoms with Gasteiger partial charge >= 0.3 is 0 Å². The van der Waals surface area contributed by atoms with Crippen LogP contribution < -0.4 is 9.62 Å². The zero-order valence-electron chi connectivity index (χ0n) is 22.8. The van der Waals surface area contributed by atoms with Crippen molar-refractivity contribution in [1.82, 2.24) is 10.2 Å². The van der Waals surface area contributed by atoms with Crippen LogP contribution in [0.1, 0.15) is 36.1 Å². The summed E-state index contributed by atoms with van der Waals surface area (Å²) in [5.74, 6) is -0.732. The lowest BCUT2D eigenvalue weighted by Crippen LogP contribution is -2.52. The molecule has 0 aliphatic heterocycles. The summed E-state index contributed by atoms with van der Waals surface area (Å²) in [5, 5.41) is 2.78. The molecule has 0 aliphatic rings. The Hall–Kier alpha value is -3.65. The first kappa shape index (κ1) is 28.9. The molecule has 202 valence electrons.